The van der Waals surface area contributed by atoms with Crippen LogP contribution in [0.25, 0.3) is 0 Å². The summed E-state index contributed by atoms with van der Waals surface area (Å²) in [5.74, 6) is 0. The number of nitrogens with zero attached hydrogens (tertiary/aromatic N) is 3. The van der Waals surface area contributed by atoms with Gasteiger partial charge >= 0.3 is 0 Å². The molecular weight excluding hydrogens is 245 g/mol. The Balaban J connectivity index is 2.17. The highest BCUT2D eigenvalue weighted by atomic mass is 35.5. The summed E-state index contributed by atoms with van der Waals surface area (Å²) in [5, 5.41) is 8.38. The van der Waals surface area contributed by atoms with Crippen molar-refractivity contribution in [2.45, 2.75) is 26.7 Å². The maximum absolute atomic E-state index is 6.03. The number of halogens is 2. The Kier molecular flexibility index (Phi) is 3.27. The standard InChI is InChI=1S/C11H15Cl2N3/c1-11(2)3-5-16(6-4-11)8-7-9(12)14-15-10(8)13/h7H,3-6H2,1-2H3. The van der Waals surface area contributed by atoms with E-state index in [0.717, 1.165) is 31.6 Å². The molecule has 1 aliphatic heterocycles. The van der Waals surface area contributed by atoms with Crippen molar-refractivity contribution < 1.29 is 0 Å². The molecule has 3 nitrogen and oxygen atoms in total. The Labute approximate surface area is 106 Å². The van der Waals surface area contributed by atoms with E-state index >= 15 is 0 Å². The smallest absolute Gasteiger partial charge is 0.175 e. The molecule has 0 atom stereocenters. The minimum absolute atomic E-state index is 0.393. The Morgan fingerprint density at radius 2 is 1.81 bits per heavy atom. The van der Waals surface area contributed by atoms with Crippen LogP contribution < -0.4 is 4.90 Å². The first-order chi connectivity index (χ1) is 7.48. The van der Waals surface area contributed by atoms with Crippen molar-refractivity contribution in [3.8, 4) is 0 Å². The number of aromatic nitrogens is 2. The summed E-state index contributed by atoms with van der Waals surface area (Å²) in [4.78, 5) is 2.23. The van der Waals surface area contributed by atoms with Crippen molar-refractivity contribution in [3.05, 3.63) is 16.4 Å². The molecule has 0 bridgehead atoms. The van der Waals surface area contributed by atoms with Crippen LogP contribution in [-0.4, -0.2) is 23.3 Å². The number of rotatable bonds is 1. The minimum Gasteiger partial charge on any atom is -0.369 e. The zero-order valence-corrected chi connectivity index (χ0v) is 11.0. The Morgan fingerprint density at radius 1 is 1.19 bits per heavy atom. The van der Waals surface area contributed by atoms with Gasteiger partial charge in [0.05, 0.1) is 5.69 Å². The third-order valence-electron chi connectivity index (χ3n) is 3.16. The summed E-state index contributed by atoms with van der Waals surface area (Å²) >= 11 is 11.9. The molecule has 0 N–H and O–H groups in total. The minimum atomic E-state index is 0.393. The van der Waals surface area contributed by atoms with E-state index in [1.165, 1.54) is 0 Å². The largest absolute Gasteiger partial charge is 0.369 e. The van der Waals surface area contributed by atoms with Gasteiger partial charge in [0.1, 0.15) is 0 Å². The van der Waals surface area contributed by atoms with E-state index in [9.17, 15) is 0 Å². The van der Waals surface area contributed by atoms with Gasteiger partial charge in [-0.25, -0.2) is 0 Å². The molecule has 16 heavy (non-hydrogen) atoms. The number of anilines is 1. The zero-order valence-electron chi connectivity index (χ0n) is 9.50. The molecule has 0 radical (unpaired) electrons. The molecule has 88 valence electrons. The first kappa shape index (κ1) is 11.9. The van der Waals surface area contributed by atoms with E-state index in [1.807, 2.05) is 0 Å². The lowest BCUT2D eigenvalue weighted by molar-refractivity contribution is 0.280. The average molecular weight is 260 g/mol. The van der Waals surface area contributed by atoms with Gasteiger partial charge in [0.25, 0.3) is 0 Å². The molecule has 0 amide bonds. The van der Waals surface area contributed by atoms with Crippen molar-refractivity contribution in [2.24, 2.45) is 5.41 Å². The predicted octanol–water partition coefficient (Wildman–Crippen LogP) is 3.41. The Morgan fingerprint density at radius 3 is 2.44 bits per heavy atom. The van der Waals surface area contributed by atoms with Crippen molar-refractivity contribution in [2.75, 3.05) is 18.0 Å². The molecule has 0 aliphatic carbocycles. The molecule has 1 aromatic heterocycles. The molecule has 1 aromatic rings. The van der Waals surface area contributed by atoms with Crippen LogP contribution in [0, 0.1) is 5.41 Å². The molecular formula is C11H15Cl2N3. The van der Waals surface area contributed by atoms with Gasteiger partial charge in [-0.2, -0.15) is 0 Å². The van der Waals surface area contributed by atoms with Crippen molar-refractivity contribution in [1.82, 2.24) is 10.2 Å². The second-order valence-electron chi connectivity index (χ2n) is 4.99. The third-order valence-corrected chi connectivity index (χ3v) is 3.61. The summed E-state index contributed by atoms with van der Waals surface area (Å²) in [7, 11) is 0. The van der Waals surface area contributed by atoms with Crippen LogP contribution in [0.15, 0.2) is 6.07 Å². The summed E-state index contributed by atoms with van der Waals surface area (Å²) < 4.78 is 0. The van der Waals surface area contributed by atoms with Gasteiger partial charge in [0, 0.05) is 19.2 Å². The van der Waals surface area contributed by atoms with Gasteiger partial charge in [-0.15, -0.1) is 10.2 Å². The number of piperidine rings is 1. The van der Waals surface area contributed by atoms with Crippen LogP contribution in [0.1, 0.15) is 26.7 Å². The fraction of sp³-hybridized carbons (Fsp3) is 0.636. The Hall–Kier alpha value is -0.540. The quantitative estimate of drug-likeness (QED) is 0.774. The molecule has 2 heterocycles. The maximum Gasteiger partial charge on any atom is 0.175 e. The van der Waals surface area contributed by atoms with E-state index in [1.54, 1.807) is 6.07 Å². The van der Waals surface area contributed by atoms with E-state index in [-0.39, 0.29) is 0 Å². The van der Waals surface area contributed by atoms with E-state index in [0.29, 0.717) is 15.7 Å². The highest BCUT2D eigenvalue weighted by molar-refractivity contribution is 6.33. The predicted molar refractivity (Wildman–Crippen MR) is 67.3 cm³/mol. The summed E-state index contributed by atoms with van der Waals surface area (Å²) in [5.41, 5.74) is 1.32. The summed E-state index contributed by atoms with van der Waals surface area (Å²) in [6.45, 7) is 6.58. The van der Waals surface area contributed by atoms with Crippen molar-refractivity contribution >= 4 is 28.9 Å². The van der Waals surface area contributed by atoms with Crippen molar-refractivity contribution in [1.29, 1.82) is 0 Å². The first-order valence-corrected chi connectivity index (χ1v) is 6.17. The lowest BCUT2D eigenvalue weighted by Crippen LogP contribution is -2.37. The van der Waals surface area contributed by atoms with Crippen LogP contribution in [-0.2, 0) is 0 Å². The van der Waals surface area contributed by atoms with E-state index in [4.69, 9.17) is 23.2 Å². The monoisotopic (exact) mass is 259 g/mol. The summed E-state index contributed by atoms with van der Waals surface area (Å²) in [6.07, 6.45) is 2.31. The molecule has 1 saturated heterocycles. The molecule has 1 fully saturated rings. The van der Waals surface area contributed by atoms with E-state index in [2.05, 4.69) is 28.9 Å². The van der Waals surface area contributed by atoms with Crippen LogP contribution in [0.5, 0.6) is 0 Å². The van der Waals surface area contributed by atoms with Crippen molar-refractivity contribution in [3.63, 3.8) is 0 Å². The SMILES string of the molecule is CC1(C)CCN(c2cc(Cl)nnc2Cl)CC1. The number of hydrogen-bond acceptors (Lipinski definition) is 3. The lowest BCUT2D eigenvalue weighted by Gasteiger charge is -2.38. The van der Waals surface area contributed by atoms with Crippen LogP contribution in [0.3, 0.4) is 0 Å². The van der Waals surface area contributed by atoms with Crippen LogP contribution in [0.2, 0.25) is 10.3 Å². The zero-order chi connectivity index (χ0) is 11.8. The van der Waals surface area contributed by atoms with Crippen LogP contribution >= 0.6 is 23.2 Å². The Bertz CT molecular complexity index is 383. The molecule has 0 spiro atoms. The topological polar surface area (TPSA) is 29.0 Å². The first-order valence-electron chi connectivity index (χ1n) is 5.42. The molecule has 0 unspecified atom stereocenters. The lowest BCUT2D eigenvalue weighted by atomic mass is 9.82. The fourth-order valence-corrected chi connectivity index (χ4v) is 2.27. The second kappa shape index (κ2) is 4.38. The number of hydrogen-bond donors (Lipinski definition) is 0. The van der Waals surface area contributed by atoms with E-state index < -0.39 is 0 Å². The second-order valence-corrected chi connectivity index (χ2v) is 5.74. The van der Waals surface area contributed by atoms with Gasteiger partial charge in [-0.1, -0.05) is 37.0 Å². The molecule has 0 aromatic carbocycles. The highest BCUT2D eigenvalue weighted by Gasteiger charge is 2.26. The van der Waals surface area contributed by atoms with Gasteiger partial charge in [-0.3, -0.25) is 0 Å². The van der Waals surface area contributed by atoms with Gasteiger partial charge in [0.2, 0.25) is 0 Å². The average Bonchev–Trinajstić information content (AvgIpc) is 2.22. The van der Waals surface area contributed by atoms with Gasteiger partial charge in [-0.05, 0) is 18.3 Å². The molecule has 1 aliphatic rings. The normalized spacial score (nSPS) is 19.9. The fourth-order valence-electron chi connectivity index (χ4n) is 1.92. The maximum atomic E-state index is 6.03. The van der Waals surface area contributed by atoms with Gasteiger partial charge in [0.15, 0.2) is 10.3 Å². The third kappa shape index (κ3) is 2.58. The molecule has 5 heteroatoms. The molecule has 2 rings (SSSR count). The van der Waals surface area contributed by atoms with Gasteiger partial charge < -0.3 is 4.90 Å². The highest BCUT2D eigenvalue weighted by Crippen LogP contribution is 2.34. The van der Waals surface area contributed by atoms with Crippen LogP contribution in [0.4, 0.5) is 5.69 Å². The molecule has 0 saturated carbocycles. The summed E-state index contributed by atoms with van der Waals surface area (Å²) in [6, 6.07) is 1.79.